The van der Waals surface area contributed by atoms with Gasteiger partial charge in [-0.15, -0.1) is 0 Å². The Morgan fingerprint density at radius 2 is 2.17 bits per heavy atom. The molecule has 106 valence electrons. The Labute approximate surface area is 109 Å². The summed E-state index contributed by atoms with van der Waals surface area (Å²) in [6, 6.07) is 0.333. The number of nitrogens with one attached hydrogen (secondary N) is 2. The van der Waals surface area contributed by atoms with Crippen LogP contribution in [0.2, 0.25) is 0 Å². The van der Waals surface area contributed by atoms with Crippen LogP contribution in [0.5, 0.6) is 0 Å². The highest BCUT2D eigenvalue weighted by molar-refractivity contribution is 5.79. The van der Waals surface area contributed by atoms with Crippen molar-refractivity contribution in [2.24, 2.45) is 16.3 Å². The van der Waals surface area contributed by atoms with Gasteiger partial charge in [-0.25, -0.2) is 5.84 Å². The molecule has 1 fully saturated rings. The average molecular weight is 258 g/mol. The van der Waals surface area contributed by atoms with E-state index < -0.39 is 0 Å². The molecule has 1 rings (SSSR count). The van der Waals surface area contributed by atoms with Gasteiger partial charge in [-0.2, -0.15) is 0 Å². The molecule has 0 spiro atoms. The number of hydrazine groups is 1. The van der Waals surface area contributed by atoms with Crippen molar-refractivity contribution in [1.82, 2.24) is 10.7 Å². The van der Waals surface area contributed by atoms with E-state index in [4.69, 9.17) is 15.3 Å². The fourth-order valence-electron chi connectivity index (χ4n) is 2.23. The summed E-state index contributed by atoms with van der Waals surface area (Å²) < 4.78 is 10.4. The van der Waals surface area contributed by atoms with E-state index in [1.807, 2.05) is 0 Å². The molecule has 0 heterocycles. The Hall–Kier alpha value is -0.850. The molecule has 6 nitrogen and oxygen atoms in total. The van der Waals surface area contributed by atoms with E-state index in [9.17, 15) is 0 Å². The van der Waals surface area contributed by atoms with Gasteiger partial charge >= 0.3 is 0 Å². The van der Waals surface area contributed by atoms with Crippen molar-refractivity contribution in [3.63, 3.8) is 0 Å². The summed E-state index contributed by atoms with van der Waals surface area (Å²) in [6.45, 7) is 5.77. The molecule has 2 atom stereocenters. The maximum atomic E-state index is 5.46. The quantitative estimate of drug-likeness (QED) is 0.209. The first kappa shape index (κ1) is 15.2. The molecule has 0 amide bonds. The maximum absolute atomic E-state index is 5.46. The van der Waals surface area contributed by atoms with Crippen molar-refractivity contribution < 1.29 is 9.47 Å². The number of guanidine groups is 1. The standard InChI is InChI=1S/C12H26N4O2/c1-12(2)9(8-10(12)18-4)15-11(16-13)14-6-5-7-17-3/h9-10H,5-8,13H2,1-4H3,(H2,14,15,16). The van der Waals surface area contributed by atoms with E-state index in [2.05, 4.69) is 29.6 Å². The Morgan fingerprint density at radius 1 is 1.44 bits per heavy atom. The summed E-state index contributed by atoms with van der Waals surface area (Å²) >= 11 is 0. The van der Waals surface area contributed by atoms with Crippen LogP contribution in [0.3, 0.4) is 0 Å². The zero-order valence-corrected chi connectivity index (χ0v) is 11.8. The predicted octanol–water partition coefficient (Wildman–Crippen LogP) is 0.245. The lowest BCUT2D eigenvalue weighted by molar-refractivity contribution is -0.0922. The summed E-state index contributed by atoms with van der Waals surface area (Å²) in [5.41, 5.74) is 2.70. The second kappa shape index (κ2) is 6.92. The third kappa shape index (κ3) is 3.57. The summed E-state index contributed by atoms with van der Waals surface area (Å²) in [5, 5.41) is 3.33. The highest BCUT2D eigenvalue weighted by atomic mass is 16.5. The van der Waals surface area contributed by atoms with Crippen LogP contribution >= 0.6 is 0 Å². The number of methoxy groups -OCH3 is 2. The van der Waals surface area contributed by atoms with Gasteiger partial charge in [0.25, 0.3) is 0 Å². The van der Waals surface area contributed by atoms with Gasteiger partial charge in [0.05, 0.1) is 6.10 Å². The lowest BCUT2D eigenvalue weighted by Gasteiger charge is -2.51. The number of rotatable bonds is 6. The van der Waals surface area contributed by atoms with E-state index in [0.717, 1.165) is 12.8 Å². The van der Waals surface area contributed by atoms with Crippen molar-refractivity contribution in [3.05, 3.63) is 0 Å². The summed E-state index contributed by atoms with van der Waals surface area (Å²) in [7, 11) is 3.44. The topological polar surface area (TPSA) is 80.9 Å². The van der Waals surface area contributed by atoms with Gasteiger partial charge in [-0.1, -0.05) is 13.8 Å². The average Bonchev–Trinajstić information content (AvgIpc) is 2.36. The second-order valence-electron chi connectivity index (χ2n) is 5.20. The largest absolute Gasteiger partial charge is 0.385 e. The monoisotopic (exact) mass is 258 g/mol. The lowest BCUT2D eigenvalue weighted by atomic mass is 9.64. The van der Waals surface area contributed by atoms with Gasteiger partial charge in [0.2, 0.25) is 5.96 Å². The highest BCUT2D eigenvalue weighted by Crippen LogP contribution is 2.42. The molecular formula is C12H26N4O2. The summed E-state index contributed by atoms with van der Waals surface area (Å²) in [5.74, 6) is 6.10. The third-order valence-electron chi connectivity index (χ3n) is 3.69. The van der Waals surface area contributed by atoms with Crippen molar-refractivity contribution in [2.75, 3.05) is 27.4 Å². The Kier molecular flexibility index (Phi) is 5.84. The number of nitrogens with two attached hydrogens (primary N) is 1. The fraction of sp³-hybridized carbons (Fsp3) is 0.917. The Balaban J connectivity index is 2.40. The van der Waals surface area contributed by atoms with Crippen LogP contribution in [0.4, 0.5) is 0 Å². The van der Waals surface area contributed by atoms with Gasteiger partial charge < -0.3 is 14.8 Å². The summed E-state index contributed by atoms with van der Waals surface area (Å²) in [4.78, 5) is 4.37. The molecule has 0 bridgehead atoms. The number of hydrogen-bond acceptors (Lipinski definition) is 4. The van der Waals surface area contributed by atoms with Crippen LogP contribution in [0.25, 0.3) is 0 Å². The second-order valence-corrected chi connectivity index (χ2v) is 5.20. The molecule has 1 aliphatic carbocycles. The minimum absolute atomic E-state index is 0.0961. The van der Waals surface area contributed by atoms with Crippen LogP contribution in [-0.4, -0.2) is 45.5 Å². The van der Waals surface area contributed by atoms with Crippen molar-refractivity contribution in [1.29, 1.82) is 0 Å². The molecule has 0 aliphatic heterocycles. The Bertz CT molecular complexity index is 281. The number of ether oxygens (including phenoxy) is 2. The molecule has 0 radical (unpaired) electrons. The third-order valence-corrected chi connectivity index (χ3v) is 3.69. The van der Waals surface area contributed by atoms with Crippen LogP contribution in [0.15, 0.2) is 4.99 Å². The normalized spacial score (nSPS) is 26.6. The minimum Gasteiger partial charge on any atom is -0.385 e. The van der Waals surface area contributed by atoms with E-state index in [0.29, 0.717) is 31.3 Å². The molecule has 0 aromatic heterocycles. The Morgan fingerprint density at radius 3 is 2.67 bits per heavy atom. The first-order valence-corrected chi connectivity index (χ1v) is 6.35. The molecule has 1 aliphatic rings. The molecule has 0 aromatic carbocycles. The zero-order chi connectivity index (χ0) is 13.6. The van der Waals surface area contributed by atoms with Crippen LogP contribution < -0.4 is 16.6 Å². The van der Waals surface area contributed by atoms with Gasteiger partial charge in [0, 0.05) is 38.8 Å². The lowest BCUT2D eigenvalue weighted by Crippen LogP contribution is -2.63. The predicted molar refractivity (Wildman–Crippen MR) is 72.2 cm³/mol. The number of nitrogens with zero attached hydrogens (tertiary/aromatic N) is 1. The molecule has 2 unspecified atom stereocenters. The van der Waals surface area contributed by atoms with Crippen LogP contribution in [-0.2, 0) is 9.47 Å². The molecule has 4 N–H and O–H groups in total. The molecule has 18 heavy (non-hydrogen) atoms. The van der Waals surface area contributed by atoms with Gasteiger partial charge in [0.1, 0.15) is 0 Å². The molecular weight excluding hydrogens is 232 g/mol. The van der Waals surface area contributed by atoms with Crippen LogP contribution in [0.1, 0.15) is 26.7 Å². The summed E-state index contributed by atoms with van der Waals surface area (Å²) in [6.07, 6.45) is 2.16. The number of hydrogen-bond donors (Lipinski definition) is 3. The minimum atomic E-state index is 0.0961. The van der Waals surface area contributed by atoms with Crippen molar-refractivity contribution >= 4 is 5.96 Å². The van der Waals surface area contributed by atoms with Gasteiger partial charge in [-0.3, -0.25) is 10.4 Å². The van der Waals surface area contributed by atoms with E-state index >= 15 is 0 Å². The molecule has 6 heteroatoms. The smallest absolute Gasteiger partial charge is 0.205 e. The maximum Gasteiger partial charge on any atom is 0.205 e. The molecule has 0 saturated heterocycles. The highest BCUT2D eigenvalue weighted by Gasteiger charge is 2.48. The molecule has 0 aromatic rings. The first-order valence-electron chi connectivity index (χ1n) is 6.35. The number of aliphatic imine (C=N–C) groups is 1. The van der Waals surface area contributed by atoms with Gasteiger partial charge in [0.15, 0.2) is 0 Å². The van der Waals surface area contributed by atoms with E-state index in [1.165, 1.54) is 0 Å². The van der Waals surface area contributed by atoms with Crippen molar-refractivity contribution in [3.8, 4) is 0 Å². The van der Waals surface area contributed by atoms with E-state index in [1.54, 1.807) is 14.2 Å². The SMILES string of the molecule is COCCCN=C(NN)NC1CC(OC)C1(C)C. The zero-order valence-electron chi connectivity index (χ0n) is 11.8. The van der Waals surface area contributed by atoms with Gasteiger partial charge in [-0.05, 0) is 12.8 Å². The fourth-order valence-corrected chi connectivity index (χ4v) is 2.23. The molecule has 1 saturated carbocycles. The van der Waals surface area contributed by atoms with Crippen molar-refractivity contribution in [2.45, 2.75) is 38.8 Å². The first-order chi connectivity index (χ1) is 8.56. The van der Waals surface area contributed by atoms with Crippen LogP contribution in [0, 0.1) is 5.41 Å². The van der Waals surface area contributed by atoms with E-state index in [-0.39, 0.29) is 5.41 Å².